The van der Waals surface area contributed by atoms with E-state index < -0.39 is 11.9 Å². The van der Waals surface area contributed by atoms with Crippen molar-refractivity contribution in [2.45, 2.75) is 6.92 Å². The molecule has 1 aliphatic heterocycles. The maximum atomic E-state index is 12.8. The number of halogens is 1. The number of ether oxygens (including phenoxy) is 3. The van der Waals surface area contributed by atoms with Gasteiger partial charge in [-0.2, -0.15) is 0 Å². The van der Waals surface area contributed by atoms with Crippen LogP contribution in [0.1, 0.15) is 22.8 Å². The summed E-state index contributed by atoms with van der Waals surface area (Å²) in [4.78, 5) is 42.3. The number of hydrogen-bond donors (Lipinski definition) is 1. The summed E-state index contributed by atoms with van der Waals surface area (Å²) >= 11 is 4.60. The van der Waals surface area contributed by atoms with Gasteiger partial charge in [-0.05, 0) is 76.6 Å². The molecule has 0 unspecified atom stereocenters. The first kappa shape index (κ1) is 25.3. The number of carbonyl (C=O) groups is 3. The minimum absolute atomic E-state index is 0.227. The molecule has 9 nitrogen and oxygen atoms in total. The highest BCUT2D eigenvalue weighted by Crippen LogP contribution is 2.39. The molecule has 1 fully saturated rings. The van der Waals surface area contributed by atoms with Crippen LogP contribution in [0.4, 0.5) is 5.69 Å². The van der Waals surface area contributed by atoms with Crippen molar-refractivity contribution in [1.82, 2.24) is 4.90 Å². The summed E-state index contributed by atoms with van der Waals surface area (Å²) in [5.74, 6) is -0.577. The maximum Gasteiger partial charge on any atom is 0.338 e. The first-order valence-corrected chi connectivity index (χ1v) is 11.7. The SMILES string of the molecule is CCOC(=O)c1cccc(N=C2SC(=Cc3cc(Br)c(OCC(N)=O)c(OC)c3)C(=O)N2C)c1. The fourth-order valence-corrected chi connectivity index (χ4v) is 4.50. The molecule has 0 spiro atoms. The Balaban J connectivity index is 1.88. The van der Waals surface area contributed by atoms with Crippen LogP contribution in [-0.2, 0) is 14.3 Å². The molecule has 3 rings (SSSR count). The predicted octanol–water partition coefficient (Wildman–Crippen LogP) is 3.73. The first-order chi connectivity index (χ1) is 16.2. The van der Waals surface area contributed by atoms with Gasteiger partial charge in [-0.25, -0.2) is 9.79 Å². The number of benzene rings is 2. The normalized spacial score (nSPS) is 15.6. The number of primary amides is 1. The van der Waals surface area contributed by atoms with E-state index in [0.29, 0.717) is 42.9 Å². The van der Waals surface area contributed by atoms with E-state index in [9.17, 15) is 14.4 Å². The lowest BCUT2D eigenvalue weighted by Gasteiger charge is -2.12. The highest BCUT2D eigenvalue weighted by molar-refractivity contribution is 9.10. The minimum Gasteiger partial charge on any atom is -0.493 e. The molecule has 2 amide bonds. The summed E-state index contributed by atoms with van der Waals surface area (Å²) in [5, 5.41) is 0.463. The van der Waals surface area contributed by atoms with Crippen molar-refractivity contribution >= 4 is 62.4 Å². The molecule has 2 aromatic carbocycles. The fourth-order valence-electron chi connectivity index (χ4n) is 2.94. The largest absolute Gasteiger partial charge is 0.493 e. The summed E-state index contributed by atoms with van der Waals surface area (Å²) in [6.07, 6.45) is 1.70. The number of rotatable bonds is 8. The van der Waals surface area contributed by atoms with Crippen LogP contribution in [0.15, 0.2) is 50.8 Å². The summed E-state index contributed by atoms with van der Waals surface area (Å²) in [6, 6.07) is 10.1. The molecular weight excluding hydrogens is 526 g/mol. The third-order valence-corrected chi connectivity index (χ3v) is 6.14. The Bertz CT molecular complexity index is 1200. The molecule has 0 bridgehead atoms. The number of nitrogens with two attached hydrogens (primary N) is 1. The van der Waals surface area contributed by atoms with Gasteiger partial charge in [0.15, 0.2) is 23.3 Å². The molecule has 178 valence electrons. The molecule has 2 aromatic rings. The maximum absolute atomic E-state index is 12.8. The Morgan fingerprint density at radius 2 is 2.03 bits per heavy atom. The molecule has 0 radical (unpaired) electrons. The van der Waals surface area contributed by atoms with Crippen LogP contribution >= 0.6 is 27.7 Å². The van der Waals surface area contributed by atoms with Crippen molar-refractivity contribution in [1.29, 1.82) is 0 Å². The number of amidine groups is 1. The van der Waals surface area contributed by atoms with E-state index >= 15 is 0 Å². The first-order valence-electron chi connectivity index (χ1n) is 10.1. The second kappa shape index (κ2) is 11.2. The highest BCUT2D eigenvalue weighted by Gasteiger charge is 2.30. The molecule has 34 heavy (non-hydrogen) atoms. The Morgan fingerprint density at radius 1 is 1.26 bits per heavy atom. The summed E-state index contributed by atoms with van der Waals surface area (Å²) in [7, 11) is 3.09. The van der Waals surface area contributed by atoms with E-state index in [-0.39, 0.29) is 19.1 Å². The van der Waals surface area contributed by atoms with Crippen LogP contribution in [-0.4, -0.2) is 55.2 Å². The third kappa shape index (κ3) is 5.97. The molecule has 0 saturated carbocycles. The Morgan fingerprint density at radius 3 is 2.71 bits per heavy atom. The van der Waals surface area contributed by atoms with Gasteiger partial charge >= 0.3 is 5.97 Å². The van der Waals surface area contributed by atoms with Gasteiger partial charge in [0.1, 0.15) is 0 Å². The van der Waals surface area contributed by atoms with Crippen LogP contribution in [0.25, 0.3) is 6.08 Å². The summed E-state index contributed by atoms with van der Waals surface area (Å²) in [6.45, 7) is 1.71. The summed E-state index contributed by atoms with van der Waals surface area (Å²) in [5.41, 5.74) is 6.72. The van der Waals surface area contributed by atoms with Gasteiger partial charge in [-0.3, -0.25) is 14.5 Å². The molecule has 1 heterocycles. The number of methoxy groups -OCH3 is 1. The molecular formula is C23H22BrN3O6S. The van der Waals surface area contributed by atoms with Crippen LogP contribution in [0.3, 0.4) is 0 Å². The summed E-state index contributed by atoms with van der Waals surface area (Å²) < 4.78 is 16.3. The lowest BCUT2D eigenvalue weighted by atomic mass is 10.2. The standard InChI is InChI=1S/C23H22BrN3O6S/c1-4-32-22(30)14-6-5-7-15(11-14)26-23-27(2)21(29)18(34-23)10-13-8-16(24)20(17(9-13)31-3)33-12-19(25)28/h5-11H,4,12H2,1-3H3,(H2,25,28). The van der Waals surface area contributed by atoms with Crippen molar-refractivity contribution in [2.24, 2.45) is 10.7 Å². The molecule has 11 heteroatoms. The number of aliphatic imine (C=N–C) groups is 1. The van der Waals surface area contributed by atoms with Crippen LogP contribution in [0, 0.1) is 0 Å². The number of thioether (sulfide) groups is 1. The highest BCUT2D eigenvalue weighted by atomic mass is 79.9. The molecule has 0 aliphatic carbocycles. The predicted molar refractivity (Wildman–Crippen MR) is 133 cm³/mol. The second-order valence-electron chi connectivity index (χ2n) is 6.93. The van der Waals surface area contributed by atoms with Gasteiger partial charge in [0.2, 0.25) is 0 Å². The number of hydrogen-bond acceptors (Lipinski definition) is 8. The smallest absolute Gasteiger partial charge is 0.338 e. The van der Waals surface area contributed by atoms with Crippen LogP contribution in [0.2, 0.25) is 0 Å². The van der Waals surface area contributed by atoms with Gasteiger partial charge in [0, 0.05) is 7.05 Å². The van der Waals surface area contributed by atoms with Gasteiger partial charge < -0.3 is 19.9 Å². The molecule has 0 atom stereocenters. The van der Waals surface area contributed by atoms with Crippen LogP contribution in [0.5, 0.6) is 11.5 Å². The van der Waals surface area contributed by atoms with Gasteiger partial charge in [-0.1, -0.05) is 6.07 Å². The number of nitrogens with zero attached hydrogens (tertiary/aromatic N) is 2. The Labute approximate surface area is 209 Å². The average Bonchev–Trinajstić information content (AvgIpc) is 3.05. The lowest BCUT2D eigenvalue weighted by Crippen LogP contribution is -2.23. The van der Waals surface area contributed by atoms with Crippen molar-refractivity contribution in [3.8, 4) is 11.5 Å². The van der Waals surface area contributed by atoms with Gasteiger partial charge in [-0.15, -0.1) is 0 Å². The van der Waals surface area contributed by atoms with E-state index in [0.717, 1.165) is 0 Å². The van der Waals surface area contributed by atoms with Gasteiger partial charge in [0.05, 0.1) is 34.3 Å². The number of carbonyl (C=O) groups excluding carboxylic acids is 3. The van der Waals surface area contributed by atoms with Crippen molar-refractivity contribution < 1.29 is 28.6 Å². The van der Waals surface area contributed by atoms with E-state index in [4.69, 9.17) is 19.9 Å². The van der Waals surface area contributed by atoms with E-state index in [1.54, 1.807) is 56.4 Å². The molecule has 1 aliphatic rings. The quantitative estimate of drug-likeness (QED) is 0.394. The zero-order valence-corrected chi connectivity index (χ0v) is 21.1. The van der Waals surface area contributed by atoms with Gasteiger partial charge in [0.25, 0.3) is 11.8 Å². The molecule has 2 N–H and O–H groups in total. The number of likely N-dealkylation sites (N-methyl/N-ethyl adjacent to an activating group) is 1. The Hall–Kier alpha value is -3.31. The van der Waals surface area contributed by atoms with Crippen LogP contribution < -0.4 is 15.2 Å². The topological polar surface area (TPSA) is 121 Å². The van der Waals surface area contributed by atoms with Crippen molar-refractivity contribution in [3.05, 3.63) is 56.9 Å². The molecule has 0 aromatic heterocycles. The number of amides is 2. The van der Waals surface area contributed by atoms with E-state index in [1.807, 2.05) is 0 Å². The molecule has 1 saturated heterocycles. The number of esters is 1. The third-order valence-electron chi connectivity index (χ3n) is 4.49. The fraction of sp³-hybridized carbons (Fsp3) is 0.217. The van der Waals surface area contributed by atoms with E-state index in [1.165, 1.54) is 23.8 Å². The zero-order valence-electron chi connectivity index (χ0n) is 18.7. The zero-order chi connectivity index (χ0) is 24.8. The van der Waals surface area contributed by atoms with E-state index in [2.05, 4.69) is 20.9 Å². The monoisotopic (exact) mass is 547 g/mol. The minimum atomic E-state index is -0.615. The average molecular weight is 548 g/mol. The lowest BCUT2D eigenvalue weighted by molar-refractivity contribution is -0.121. The van der Waals surface area contributed by atoms with Crippen molar-refractivity contribution in [3.63, 3.8) is 0 Å². The van der Waals surface area contributed by atoms with Crippen molar-refractivity contribution in [2.75, 3.05) is 27.4 Å². The second-order valence-corrected chi connectivity index (χ2v) is 8.79. The Kier molecular flexibility index (Phi) is 8.35.